The van der Waals surface area contributed by atoms with E-state index in [1.165, 1.54) is 7.11 Å². The van der Waals surface area contributed by atoms with Crippen LogP contribution in [0.2, 0.25) is 0 Å². The summed E-state index contributed by atoms with van der Waals surface area (Å²) < 4.78 is 40.0. The minimum absolute atomic E-state index is 0.253. The number of hydrogen-bond donors (Lipinski definition) is 1. The Morgan fingerprint density at radius 1 is 1.03 bits per heavy atom. The Labute approximate surface area is 193 Å². The second-order valence-corrected chi connectivity index (χ2v) is 9.49. The molecule has 0 aromatic heterocycles. The molecule has 2 N–H and O–H groups in total. The van der Waals surface area contributed by atoms with Gasteiger partial charge in [-0.3, -0.25) is 4.79 Å². The maximum atomic E-state index is 11.7. The number of nitrogens with two attached hydrogens (primary N) is 1. The number of ether oxygens (including phenoxy) is 3. The molecule has 8 heteroatoms. The predicted molar refractivity (Wildman–Crippen MR) is 124 cm³/mol. The second-order valence-electron chi connectivity index (χ2n) is 7.88. The number of rotatable bonds is 7. The highest BCUT2D eigenvalue weighted by Crippen LogP contribution is 2.49. The molecule has 0 fully saturated rings. The molecule has 33 heavy (non-hydrogen) atoms. The summed E-state index contributed by atoms with van der Waals surface area (Å²) in [6.07, 6.45) is 0.436. The van der Waals surface area contributed by atoms with Gasteiger partial charge < -0.3 is 14.2 Å². The third-order valence-electron chi connectivity index (χ3n) is 5.62. The van der Waals surface area contributed by atoms with Crippen molar-refractivity contribution in [3.8, 4) is 22.6 Å². The zero-order chi connectivity index (χ0) is 23.6. The van der Waals surface area contributed by atoms with E-state index in [1.54, 1.807) is 13.2 Å². The fourth-order valence-electron chi connectivity index (χ4n) is 4.07. The van der Waals surface area contributed by atoms with Crippen molar-refractivity contribution < 1.29 is 27.4 Å². The normalized spacial score (nSPS) is 14.6. The molecule has 3 aromatic rings. The van der Waals surface area contributed by atoms with Crippen LogP contribution in [-0.4, -0.2) is 28.6 Å². The molecule has 0 radical (unpaired) electrons. The van der Waals surface area contributed by atoms with E-state index in [1.807, 2.05) is 54.6 Å². The summed E-state index contributed by atoms with van der Waals surface area (Å²) in [5, 5.41) is 5.28. The summed E-state index contributed by atoms with van der Waals surface area (Å²) in [6.45, 7) is 0. The number of fused-ring (bicyclic) bond motifs is 3. The third-order valence-corrected chi connectivity index (χ3v) is 6.35. The topological polar surface area (TPSA) is 105 Å². The van der Waals surface area contributed by atoms with Crippen LogP contribution in [0.15, 0.2) is 60.7 Å². The monoisotopic (exact) mass is 467 g/mol. The molecule has 0 bridgehead atoms. The lowest BCUT2D eigenvalue weighted by molar-refractivity contribution is -0.140. The average molecular weight is 468 g/mol. The number of primary sulfonamides is 1. The Morgan fingerprint density at radius 3 is 2.42 bits per heavy atom. The van der Waals surface area contributed by atoms with Gasteiger partial charge in [-0.1, -0.05) is 48.5 Å². The fraction of sp³-hybridized carbons (Fsp3) is 0.240. The van der Waals surface area contributed by atoms with E-state index in [-0.39, 0.29) is 11.7 Å². The lowest BCUT2D eigenvalue weighted by atomic mass is 9.88. The van der Waals surface area contributed by atoms with Gasteiger partial charge in [0.25, 0.3) is 0 Å². The van der Waals surface area contributed by atoms with Crippen molar-refractivity contribution in [2.75, 3.05) is 14.2 Å². The van der Waals surface area contributed by atoms with Gasteiger partial charge in [0, 0.05) is 12.0 Å². The number of sulfonamides is 1. The molecular weight excluding hydrogens is 442 g/mol. The molecule has 4 rings (SSSR count). The van der Waals surface area contributed by atoms with E-state index >= 15 is 0 Å². The van der Waals surface area contributed by atoms with Crippen LogP contribution in [0.1, 0.15) is 34.8 Å². The highest BCUT2D eigenvalue weighted by atomic mass is 32.2. The van der Waals surface area contributed by atoms with Crippen LogP contribution in [0.25, 0.3) is 11.1 Å². The quantitative estimate of drug-likeness (QED) is 0.531. The second kappa shape index (κ2) is 9.25. The van der Waals surface area contributed by atoms with Crippen LogP contribution in [0.4, 0.5) is 0 Å². The third kappa shape index (κ3) is 5.02. The summed E-state index contributed by atoms with van der Waals surface area (Å²) >= 11 is 0. The zero-order valence-electron chi connectivity index (χ0n) is 18.4. The molecule has 7 nitrogen and oxygen atoms in total. The standard InChI is InChI=1S/C25H25NO6S/c1-30-21-4-3-5-22-24(21)19-12-8-17(15-33(26,28)29)14-20(19)25(32-22)18-10-6-16(7-11-18)9-13-23(27)31-2/h3-8,10-12,14,25H,9,13,15H2,1-2H3,(H2,26,28,29). The molecular formula is C25H25NO6S. The number of carbonyl (C=O) groups excluding carboxylic acids is 1. The molecule has 0 saturated carbocycles. The van der Waals surface area contributed by atoms with Crippen molar-refractivity contribution in [1.82, 2.24) is 0 Å². The molecule has 172 valence electrons. The molecule has 1 aliphatic rings. The van der Waals surface area contributed by atoms with Gasteiger partial charge in [-0.15, -0.1) is 0 Å². The van der Waals surface area contributed by atoms with Crippen LogP contribution < -0.4 is 14.6 Å². The Morgan fingerprint density at radius 2 is 1.76 bits per heavy atom. The summed E-state index contributed by atoms with van der Waals surface area (Å²) in [5.41, 5.74) is 5.05. The Bertz CT molecular complexity index is 1280. The molecule has 0 aliphatic carbocycles. The van der Waals surface area contributed by atoms with Crippen LogP contribution in [0, 0.1) is 0 Å². The summed E-state index contributed by atoms with van der Waals surface area (Å²) in [7, 11) is -0.707. The maximum absolute atomic E-state index is 11.7. The van der Waals surface area contributed by atoms with E-state index in [2.05, 4.69) is 0 Å². The molecule has 3 aromatic carbocycles. The lowest BCUT2D eigenvalue weighted by Gasteiger charge is -2.30. The Balaban J connectivity index is 1.75. The van der Waals surface area contributed by atoms with Crippen molar-refractivity contribution in [3.05, 3.63) is 82.9 Å². The number of benzene rings is 3. The van der Waals surface area contributed by atoms with Crippen LogP contribution in [0.5, 0.6) is 11.5 Å². The van der Waals surface area contributed by atoms with Gasteiger partial charge >= 0.3 is 5.97 Å². The highest BCUT2D eigenvalue weighted by Gasteiger charge is 2.30. The highest BCUT2D eigenvalue weighted by molar-refractivity contribution is 7.88. The molecule has 0 spiro atoms. The van der Waals surface area contributed by atoms with E-state index < -0.39 is 16.1 Å². The van der Waals surface area contributed by atoms with Crippen molar-refractivity contribution in [3.63, 3.8) is 0 Å². The van der Waals surface area contributed by atoms with Gasteiger partial charge in [-0.25, -0.2) is 13.6 Å². The first-order chi connectivity index (χ1) is 15.8. The summed E-state index contributed by atoms with van der Waals surface area (Å²) in [5.74, 6) is 0.833. The smallest absolute Gasteiger partial charge is 0.305 e. The van der Waals surface area contributed by atoms with Gasteiger partial charge in [0.05, 0.1) is 25.5 Å². The minimum Gasteiger partial charge on any atom is -0.496 e. The van der Waals surface area contributed by atoms with E-state index in [0.717, 1.165) is 27.8 Å². The van der Waals surface area contributed by atoms with Gasteiger partial charge in [0.1, 0.15) is 17.6 Å². The SMILES string of the molecule is COC(=O)CCc1ccc(C2Oc3cccc(OC)c3-c3ccc(CS(N)(=O)=O)cc32)cc1. The van der Waals surface area contributed by atoms with Crippen molar-refractivity contribution in [2.24, 2.45) is 5.14 Å². The zero-order valence-corrected chi connectivity index (χ0v) is 19.2. The van der Waals surface area contributed by atoms with Crippen LogP contribution >= 0.6 is 0 Å². The minimum atomic E-state index is -3.68. The maximum Gasteiger partial charge on any atom is 0.305 e. The van der Waals surface area contributed by atoms with E-state index in [4.69, 9.17) is 19.3 Å². The van der Waals surface area contributed by atoms with Gasteiger partial charge in [-0.2, -0.15) is 0 Å². The average Bonchev–Trinajstić information content (AvgIpc) is 2.80. The van der Waals surface area contributed by atoms with Crippen molar-refractivity contribution >= 4 is 16.0 Å². The summed E-state index contributed by atoms with van der Waals surface area (Å²) in [6, 6.07) is 18.9. The molecule has 1 unspecified atom stereocenters. The van der Waals surface area contributed by atoms with Crippen LogP contribution in [0.3, 0.4) is 0 Å². The van der Waals surface area contributed by atoms with E-state index in [9.17, 15) is 13.2 Å². The number of carbonyl (C=O) groups is 1. The van der Waals surface area contributed by atoms with Crippen molar-refractivity contribution in [1.29, 1.82) is 0 Å². The number of methoxy groups -OCH3 is 2. The first-order valence-corrected chi connectivity index (χ1v) is 12.1. The number of aryl methyl sites for hydroxylation is 1. The predicted octanol–water partition coefficient (Wildman–Crippen LogP) is 3.74. The Kier molecular flexibility index (Phi) is 6.40. The molecule has 0 amide bonds. The van der Waals surface area contributed by atoms with E-state index in [0.29, 0.717) is 29.9 Å². The lowest BCUT2D eigenvalue weighted by Crippen LogP contribution is -2.18. The molecule has 1 aliphatic heterocycles. The Hall–Kier alpha value is -3.36. The molecule has 1 heterocycles. The first-order valence-electron chi connectivity index (χ1n) is 10.4. The first kappa shape index (κ1) is 22.8. The number of hydrogen-bond acceptors (Lipinski definition) is 6. The van der Waals surface area contributed by atoms with Gasteiger partial charge in [-0.05, 0) is 40.8 Å². The van der Waals surface area contributed by atoms with Gasteiger partial charge in [0.15, 0.2) is 0 Å². The molecule has 1 atom stereocenters. The van der Waals surface area contributed by atoms with Crippen LogP contribution in [-0.2, 0) is 31.7 Å². The molecule has 0 saturated heterocycles. The largest absolute Gasteiger partial charge is 0.496 e. The number of esters is 1. The van der Waals surface area contributed by atoms with Gasteiger partial charge in [0.2, 0.25) is 10.0 Å². The van der Waals surface area contributed by atoms with Crippen molar-refractivity contribution in [2.45, 2.75) is 24.7 Å². The fourth-order valence-corrected chi connectivity index (χ4v) is 4.71. The summed E-state index contributed by atoms with van der Waals surface area (Å²) in [4.78, 5) is 11.4.